The summed E-state index contributed by atoms with van der Waals surface area (Å²) in [6.45, 7) is 9.81. The zero-order valence-electron chi connectivity index (χ0n) is 12.8. The topological polar surface area (TPSA) is 65.0 Å². The Balaban J connectivity index is 0. The summed E-state index contributed by atoms with van der Waals surface area (Å²) in [5.74, 6) is -0.279. The number of rotatable bonds is 10. The third-order valence-corrected chi connectivity index (χ3v) is 2.16. The molecule has 0 rings (SSSR count). The van der Waals surface area contributed by atoms with Crippen LogP contribution in [0.25, 0.3) is 0 Å². The molecule has 19 heavy (non-hydrogen) atoms. The Bertz CT molecular complexity index is 183. The fourth-order valence-electron chi connectivity index (χ4n) is 1.33. The molecule has 0 saturated carbocycles. The van der Waals surface area contributed by atoms with Crippen molar-refractivity contribution in [1.82, 2.24) is 0 Å². The molecule has 0 radical (unpaired) electrons. The van der Waals surface area contributed by atoms with E-state index in [9.17, 15) is 4.79 Å². The summed E-state index contributed by atoms with van der Waals surface area (Å²) in [5.41, 5.74) is 0. The average Bonchev–Trinajstić information content (AvgIpc) is 2.37. The molecule has 0 aliphatic rings. The second-order valence-electron chi connectivity index (χ2n) is 3.95. The molecule has 0 spiro atoms. The van der Waals surface area contributed by atoms with Crippen LogP contribution in [0.1, 0.15) is 47.0 Å². The maximum Gasteiger partial charge on any atom is 0.302 e. The lowest BCUT2D eigenvalue weighted by molar-refractivity contribution is -0.150. The predicted molar refractivity (Wildman–Crippen MR) is 75.2 cm³/mol. The molecular weight excluding hydrogens is 248 g/mol. The van der Waals surface area contributed by atoms with Crippen LogP contribution in [0.5, 0.6) is 0 Å². The number of aliphatic hydroxyl groups is 1. The Kier molecular flexibility index (Phi) is 18.9. The number of hydrogen-bond acceptors (Lipinski definition) is 5. The molecule has 5 heteroatoms. The van der Waals surface area contributed by atoms with Gasteiger partial charge in [0.25, 0.3) is 0 Å². The third-order valence-electron chi connectivity index (χ3n) is 2.16. The first kappa shape index (κ1) is 20.7. The largest absolute Gasteiger partial charge is 0.460 e. The minimum atomic E-state index is -0.279. The summed E-state index contributed by atoms with van der Waals surface area (Å²) in [6, 6.07) is 0. The van der Waals surface area contributed by atoms with Crippen molar-refractivity contribution in [3.8, 4) is 0 Å². The van der Waals surface area contributed by atoms with Crippen molar-refractivity contribution in [3.05, 3.63) is 0 Å². The van der Waals surface area contributed by atoms with Crippen molar-refractivity contribution in [3.63, 3.8) is 0 Å². The fourth-order valence-corrected chi connectivity index (χ4v) is 1.33. The standard InChI is InChI=1S/C10H20O4.C4H10O/c1-3-4-5-10(14-9(2)12)8-13-7-6-11;1-3-5-4-2/h10-11H,3-8H2,1-2H3;3-4H2,1-2H3. The van der Waals surface area contributed by atoms with Crippen LogP contribution >= 0.6 is 0 Å². The van der Waals surface area contributed by atoms with Crippen LogP contribution in [0.2, 0.25) is 0 Å². The maximum absolute atomic E-state index is 10.7. The molecule has 0 aliphatic heterocycles. The second kappa shape index (κ2) is 17.4. The van der Waals surface area contributed by atoms with Gasteiger partial charge in [-0.1, -0.05) is 13.3 Å². The molecule has 5 nitrogen and oxygen atoms in total. The summed E-state index contributed by atoms with van der Waals surface area (Å²) in [6.07, 6.45) is 2.73. The first-order valence-corrected chi connectivity index (χ1v) is 7.05. The van der Waals surface area contributed by atoms with Gasteiger partial charge in [0, 0.05) is 20.1 Å². The number of aliphatic hydroxyl groups excluding tert-OH is 1. The molecule has 0 aromatic carbocycles. The van der Waals surface area contributed by atoms with E-state index in [0.717, 1.165) is 32.5 Å². The molecule has 116 valence electrons. The fraction of sp³-hybridized carbons (Fsp3) is 0.929. The van der Waals surface area contributed by atoms with Gasteiger partial charge in [-0.3, -0.25) is 4.79 Å². The second-order valence-corrected chi connectivity index (χ2v) is 3.95. The van der Waals surface area contributed by atoms with E-state index in [-0.39, 0.29) is 18.7 Å². The minimum Gasteiger partial charge on any atom is -0.460 e. The van der Waals surface area contributed by atoms with E-state index < -0.39 is 0 Å². The molecule has 0 saturated heterocycles. The summed E-state index contributed by atoms with van der Waals surface area (Å²) in [5, 5.41) is 8.50. The molecule has 0 aliphatic carbocycles. The third kappa shape index (κ3) is 19.9. The molecule has 1 N–H and O–H groups in total. The molecule has 0 aromatic rings. The van der Waals surface area contributed by atoms with Gasteiger partial charge in [-0.25, -0.2) is 0 Å². The lowest BCUT2D eigenvalue weighted by Gasteiger charge is -2.16. The van der Waals surface area contributed by atoms with Crippen molar-refractivity contribution in [2.75, 3.05) is 33.0 Å². The Morgan fingerprint density at radius 2 is 1.79 bits per heavy atom. The lowest BCUT2D eigenvalue weighted by Crippen LogP contribution is -2.23. The van der Waals surface area contributed by atoms with Gasteiger partial charge in [0.15, 0.2) is 0 Å². The average molecular weight is 278 g/mol. The van der Waals surface area contributed by atoms with Crippen LogP contribution in [0.3, 0.4) is 0 Å². The highest BCUT2D eigenvalue weighted by atomic mass is 16.6. The van der Waals surface area contributed by atoms with Crippen molar-refractivity contribution < 1.29 is 24.1 Å². The van der Waals surface area contributed by atoms with Gasteiger partial charge < -0.3 is 19.3 Å². The van der Waals surface area contributed by atoms with Crippen LogP contribution in [0, 0.1) is 0 Å². The van der Waals surface area contributed by atoms with Crippen molar-refractivity contribution in [2.45, 2.75) is 53.1 Å². The normalized spacial score (nSPS) is 11.4. The minimum absolute atomic E-state index is 0.000565. The Labute approximate surface area is 117 Å². The van der Waals surface area contributed by atoms with Crippen LogP contribution in [0.4, 0.5) is 0 Å². The molecule has 0 bridgehead atoms. The van der Waals surface area contributed by atoms with Crippen LogP contribution in [-0.4, -0.2) is 50.2 Å². The molecule has 0 heterocycles. The van der Waals surface area contributed by atoms with Gasteiger partial charge in [-0.05, 0) is 26.7 Å². The number of esters is 1. The van der Waals surface area contributed by atoms with Crippen molar-refractivity contribution in [2.24, 2.45) is 0 Å². The maximum atomic E-state index is 10.7. The highest BCUT2D eigenvalue weighted by Crippen LogP contribution is 2.05. The van der Waals surface area contributed by atoms with E-state index in [1.807, 2.05) is 13.8 Å². The summed E-state index contributed by atoms with van der Waals surface area (Å²) in [4.78, 5) is 10.7. The van der Waals surface area contributed by atoms with Crippen LogP contribution < -0.4 is 0 Å². The zero-order valence-corrected chi connectivity index (χ0v) is 12.8. The Hall–Kier alpha value is -0.650. The SMILES string of the molecule is CCCCC(COCCO)OC(C)=O.CCOCC. The molecular formula is C14H30O5. The lowest BCUT2D eigenvalue weighted by atomic mass is 10.2. The van der Waals surface area contributed by atoms with Gasteiger partial charge in [0.2, 0.25) is 0 Å². The van der Waals surface area contributed by atoms with E-state index in [0.29, 0.717) is 13.2 Å². The Morgan fingerprint density at radius 3 is 2.16 bits per heavy atom. The van der Waals surface area contributed by atoms with E-state index in [1.165, 1.54) is 6.92 Å². The Morgan fingerprint density at radius 1 is 1.16 bits per heavy atom. The number of carbonyl (C=O) groups is 1. The highest BCUT2D eigenvalue weighted by Gasteiger charge is 2.11. The molecule has 0 fully saturated rings. The van der Waals surface area contributed by atoms with Crippen molar-refractivity contribution >= 4 is 5.97 Å². The summed E-state index contributed by atoms with van der Waals surface area (Å²) >= 11 is 0. The van der Waals surface area contributed by atoms with E-state index >= 15 is 0 Å². The first-order valence-electron chi connectivity index (χ1n) is 7.05. The van der Waals surface area contributed by atoms with Gasteiger partial charge in [-0.2, -0.15) is 0 Å². The zero-order chi connectivity index (χ0) is 14.9. The first-order chi connectivity index (χ1) is 9.12. The monoisotopic (exact) mass is 278 g/mol. The van der Waals surface area contributed by atoms with Gasteiger partial charge >= 0.3 is 5.97 Å². The molecule has 0 aromatic heterocycles. The quantitative estimate of drug-likeness (QED) is 0.490. The number of carbonyl (C=O) groups excluding carboxylic acids is 1. The number of hydrogen-bond donors (Lipinski definition) is 1. The molecule has 1 atom stereocenters. The summed E-state index contributed by atoms with van der Waals surface area (Å²) < 4.78 is 15.0. The van der Waals surface area contributed by atoms with E-state index in [1.54, 1.807) is 0 Å². The van der Waals surface area contributed by atoms with Gasteiger partial charge in [0.05, 0.1) is 19.8 Å². The molecule has 1 unspecified atom stereocenters. The van der Waals surface area contributed by atoms with E-state index in [2.05, 4.69) is 6.92 Å². The van der Waals surface area contributed by atoms with Gasteiger partial charge in [0.1, 0.15) is 6.10 Å². The smallest absolute Gasteiger partial charge is 0.302 e. The van der Waals surface area contributed by atoms with E-state index in [4.69, 9.17) is 19.3 Å². The van der Waals surface area contributed by atoms with Crippen LogP contribution in [0.15, 0.2) is 0 Å². The molecule has 0 amide bonds. The summed E-state index contributed by atoms with van der Waals surface area (Å²) in [7, 11) is 0. The number of ether oxygens (including phenoxy) is 3. The predicted octanol–water partition coefficient (Wildman–Crippen LogP) is 2.16. The highest BCUT2D eigenvalue weighted by molar-refractivity contribution is 5.66. The van der Waals surface area contributed by atoms with Crippen molar-refractivity contribution in [1.29, 1.82) is 0 Å². The number of unbranched alkanes of at least 4 members (excludes halogenated alkanes) is 1. The van der Waals surface area contributed by atoms with Crippen LogP contribution in [-0.2, 0) is 19.0 Å². The van der Waals surface area contributed by atoms with Gasteiger partial charge in [-0.15, -0.1) is 0 Å².